The van der Waals surface area contributed by atoms with Crippen LogP contribution in [-0.2, 0) is 4.79 Å². The predicted molar refractivity (Wildman–Crippen MR) is 74.8 cm³/mol. The molecule has 2 saturated carbocycles. The number of fused-ring (bicyclic) bond motifs is 1. The van der Waals surface area contributed by atoms with E-state index in [0.717, 1.165) is 25.4 Å². The molecule has 0 aromatic heterocycles. The van der Waals surface area contributed by atoms with Crippen molar-refractivity contribution in [3.8, 4) is 0 Å². The number of carbonyl (C=O) groups excluding carboxylic acids is 1. The number of hydrogen-bond donors (Lipinski definition) is 2. The fourth-order valence-corrected chi connectivity index (χ4v) is 3.76. The van der Waals surface area contributed by atoms with Gasteiger partial charge in [-0.1, -0.05) is 12.8 Å². The molecule has 0 aromatic rings. The number of rotatable bonds is 3. The molecule has 3 aliphatic rings. The summed E-state index contributed by atoms with van der Waals surface area (Å²) < 4.78 is 0. The molecule has 18 heavy (non-hydrogen) atoms. The van der Waals surface area contributed by atoms with Gasteiger partial charge in [-0.25, -0.2) is 0 Å². The van der Waals surface area contributed by atoms with Crippen molar-refractivity contribution in [1.29, 1.82) is 0 Å². The van der Waals surface area contributed by atoms with E-state index in [9.17, 15) is 4.79 Å². The Labute approximate surface area is 116 Å². The van der Waals surface area contributed by atoms with Crippen molar-refractivity contribution in [2.75, 3.05) is 13.1 Å². The molecule has 3 rings (SSSR count). The normalized spacial score (nSPS) is 36.4. The Hall–Kier alpha value is -0.280. The highest BCUT2D eigenvalue weighted by Gasteiger charge is 2.50. The van der Waals surface area contributed by atoms with E-state index in [-0.39, 0.29) is 17.8 Å². The lowest BCUT2D eigenvalue weighted by Crippen LogP contribution is -2.50. The summed E-state index contributed by atoms with van der Waals surface area (Å²) in [5.41, 5.74) is -0.0681. The molecular formula is C14H25ClN2O. The molecule has 4 heteroatoms. The number of halogens is 1. The summed E-state index contributed by atoms with van der Waals surface area (Å²) >= 11 is 0. The lowest BCUT2D eigenvalue weighted by molar-refractivity contribution is -0.134. The SMILES string of the molecule is CC(NC(=O)[C@@]12CCCC[C@H]1CNC2)C1CC1.Cl. The molecule has 1 unspecified atom stereocenters. The van der Waals surface area contributed by atoms with Gasteiger partial charge in [-0.3, -0.25) is 4.79 Å². The highest BCUT2D eigenvalue weighted by atomic mass is 35.5. The fourth-order valence-electron chi connectivity index (χ4n) is 3.76. The Morgan fingerprint density at radius 1 is 1.33 bits per heavy atom. The number of nitrogens with one attached hydrogen (secondary N) is 2. The van der Waals surface area contributed by atoms with Crippen molar-refractivity contribution in [2.45, 2.75) is 51.5 Å². The third-order valence-corrected chi connectivity index (χ3v) is 5.18. The van der Waals surface area contributed by atoms with Crippen LogP contribution in [0.4, 0.5) is 0 Å². The first-order chi connectivity index (χ1) is 8.22. The highest BCUT2D eigenvalue weighted by molar-refractivity contribution is 5.85. The van der Waals surface area contributed by atoms with Gasteiger partial charge in [0.25, 0.3) is 0 Å². The molecule has 1 aliphatic heterocycles. The zero-order chi connectivity index (χ0) is 11.9. The molecule has 0 spiro atoms. The van der Waals surface area contributed by atoms with Gasteiger partial charge in [-0.2, -0.15) is 0 Å². The zero-order valence-corrected chi connectivity index (χ0v) is 12.0. The van der Waals surface area contributed by atoms with Crippen LogP contribution in [0.15, 0.2) is 0 Å². The second kappa shape index (κ2) is 5.38. The van der Waals surface area contributed by atoms with Crippen LogP contribution >= 0.6 is 12.4 Å². The van der Waals surface area contributed by atoms with E-state index in [2.05, 4.69) is 17.6 Å². The quantitative estimate of drug-likeness (QED) is 0.826. The first kappa shape index (κ1) is 14.1. The van der Waals surface area contributed by atoms with E-state index >= 15 is 0 Å². The van der Waals surface area contributed by atoms with Crippen LogP contribution in [0.25, 0.3) is 0 Å². The Bertz CT molecular complexity index is 319. The smallest absolute Gasteiger partial charge is 0.228 e. The average molecular weight is 273 g/mol. The first-order valence-corrected chi connectivity index (χ1v) is 7.24. The number of amides is 1. The van der Waals surface area contributed by atoms with Crippen molar-refractivity contribution in [3.05, 3.63) is 0 Å². The van der Waals surface area contributed by atoms with Crippen LogP contribution in [0.3, 0.4) is 0 Å². The minimum atomic E-state index is -0.0681. The lowest BCUT2D eigenvalue weighted by Gasteiger charge is -2.38. The fraction of sp³-hybridized carbons (Fsp3) is 0.929. The van der Waals surface area contributed by atoms with E-state index in [1.807, 2.05) is 0 Å². The minimum absolute atomic E-state index is 0. The topological polar surface area (TPSA) is 41.1 Å². The molecule has 0 aromatic carbocycles. The molecule has 2 N–H and O–H groups in total. The van der Waals surface area contributed by atoms with Crippen LogP contribution < -0.4 is 10.6 Å². The summed E-state index contributed by atoms with van der Waals surface area (Å²) in [7, 11) is 0. The monoisotopic (exact) mass is 272 g/mol. The summed E-state index contributed by atoms with van der Waals surface area (Å²) in [6, 6.07) is 0.389. The molecule has 104 valence electrons. The maximum Gasteiger partial charge on any atom is 0.228 e. The summed E-state index contributed by atoms with van der Waals surface area (Å²) in [4.78, 5) is 12.6. The minimum Gasteiger partial charge on any atom is -0.353 e. The second-order valence-corrected chi connectivity index (χ2v) is 6.33. The maximum atomic E-state index is 12.6. The maximum absolute atomic E-state index is 12.6. The summed E-state index contributed by atoms with van der Waals surface area (Å²) in [5.74, 6) is 1.68. The zero-order valence-electron chi connectivity index (χ0n) is 11.2. The van der Waals surface area contributed by atoms with Gasteiger partial charge in [0.15, 0.2) is 0 Å². The summed E-state index contributed by atoms with van der Waals surface area (Å²) in [6.45, 7) is 4.12. The van der Waals surface area contributed by atoms with Gasteiger partial charge in [0.1, 0.15) is 0 Å². The van der Waals surface area contributed by atoms with E-state index in [0.29, 0.717) is 17.9 Å². The van der Waals surface area contributed by atoms with Crippen LogP contribution in [0.2, 0.25) is 0 Å². The Morgan fingerprint density at radius 3 is 2.83 bits per heavy atom. The first-order valence-electron chi connectivity index (χ1n) is 7.24. The average Bonchev–Trinajstić information content (AvgIpc) is 3.08. The van der Waals surface area contributed by atoms with Gasteiger partial charge in [0, 0.05) is 12.6 Å². The van der Waals surface area contributed by atoms with Crippen molar-refractivity contribution < 1.29 is 4.79 Å². The van der Waals surface area contributed by atoms with E-state index < -0.39 is 0 Å². The number of hydrogen-bond acceptors (Lipinski definition) is 2. The van der Waals surface area contributed by atoms with Gasteiger partial charge in [0.05, 0.1) is 5.41 Å². The summed E-state index contributed by atoms with van der Waals surface area (Å²) in [6.07, 6.45) is 7.46. The third kappa shape index (κ3) is 2.39. The molecule has 1 heterocycles. The van der Waals surface area contributed by atoms with E-state index in [1.165, 1.54) is 32.1 Å². The Kier molecular flexibility index (Phi) is 4.22. The predicted octanol–water partition coefficient (Wildman–Crippen LogP) is 2.10. The molecular weight excluding hydrogens is 248 g/mol. The second-order valence-electron chi connectivity index (χ2n) is 6.33. The van der Waals surface area contributed by atoms with Crippen LogP contribution in [-0.4, -0.2) is 25.0 Å². The molecule has 3 atom stereocenters. The Balaban J connectivity index is 0.00000120. The van der Waals surface area contributed by atoms with Crippen molar-refractivity contribution in [3.63, 3.8) is 0 Å². The van der Waals surface area contributed by atoms with E-state index in [1.54, 1.807) is 0 Å². The molecule has 1 saturated heterocycles. The van der Waals surface area contributed by atoms with Crippen molar-refractivity contribution in [2.24, 2.45) is 17.3 Å². The van der Waals surface area contributed by atoms with Crippen LogP contribution in [0, 0.1) is 17.3 Å². The largest absolute Gasteiger partial charge is 0.353 e. The molecule has 2 aliphatic carbocycles. The Morgan fingerprint density at radius 2 is 2.11 bits per heavy atom. The van der Waals surface area contributed by atoms with Crippen molar-refractivity contribution >= 4 is 18.3 Å². The molecule has 1 amide bonds. The van der Waals surface area contributed by atoms with Crippen molar-refractivity contribution in [1.82, 2.24) is 10.6 Å². The highest BCUT2D eigenvalue weighted by Crippen LogP contribution is 2.44. The lowest BCUT2D eigenvalue weighted by atomic mass is 9.67. The molecule has 3 fully saturated rings. The van der Waals surface area contributed by atoms with Gasteiger partial charge in [-0.15, -0.1) is 12.4 Å². The standard InChI is InChI=1S/C14H24N2O.ClH/c1-10(11-5-6-11)16-13(17)14-7-3-2-4-12(14)8-15-9-14;/h10-12,15H,2-9H2,1H3,(H,16,17);1H/t10?,12-,14+;/m0./s1. The van der Waals surface area contributed by atoms with Crippen LogP contribution in [0.1, 0.15) is 45.4 Å². The van der Waals surface area contributed by atoms with Gasteiger partial charge in [0.2, 0.25) is 5.91 Å². The van der Waals surface area contributed by atoms with E-state index in [4.69, 9.17) is 0 Å². The van der Waals surface area contributed by atoms with Crippen LogP contribution in [0.5, 0.6) is 0 Å². The van der Waals surface area contributed by atoms with Gasteiger partial charge < -0.3 is 10.6 Å². The summed E-state index contributed by atoms with van der Waals surface area (Å²) in [5, 5.41) is 6.74. The van der Waals surface area contributed by atoms with Gasteiger partial charge in [-0.05, 0) is 51.0 Å². The third-order valence-electron chi connectivity index (χ3n) is 5.18. The molecule has 0 radical (unpaired) electrons. The number of carbonyl (C=O) groups is 1. The molecule has 0 bridgehead atoms. The molecule has 3 nitrogen and oxygen atoms in total. The van der Waals surface area contributed by atoms with Gasteiger partial charge >= 0.3 is 0 Å².